The normalized spacial score (nSPS) is 17.6. The Kier molecular flexibility index (Phi) is 4.36. The zero-order valence-corrected chi connectivity index (χ0v) is 15.8. The molecule has 0 bridgehead atoms. The number of carbonyl (C=O) groups excluding carboxylic acids is 2. The number of rotatable bonds is 2. The van der Waals surface area contributed by atoms with Crippen LogP contribution in [-0.2, 0) is 4.79 Å². The number of carbonyl (C=O) groups is 2. The molecule has 1 N–H and O–H groups in total. The van der Waals surface area contributed by atoms with Crippen molar-refractivity contribution in [3.05, 3.63) is 58.9 Å². The van der Waals surface area contributed by atoms with E-state index < -0.39 is 0 Å². The van der Waals surface area contributed by atoms with E-state index in [9.17, 15) is 9.59 Å². The number of halogens is 1. The van der Waals surface area contributed by atoms with Gasteiger partial charge in [-0.05, 0) is 56.3 Å². The highest BCUT2D eigenvalue weighted by Gasteiger charge is 2.33. The molecule has 2 heterocycles. The van der Waals surface area contributed by atoms with Gasteiger partial charge >= 0.3 is 0 Å². The van der Waals surface area contributed by atoms with E-state index in [1.165, 1.54) is 0 Å². The second-order valence-electron chi connectivity index (χ2n) is 6.82. The Labute approximate surface area is 161 Å². The lowest BCUT2D eigenvalue weighted by Crippen LogP contribution is -2.57. The Morgan fingerprint density at radius 3 is 2.70 bits per heavy atom. The van der Waals surface area contributed by atoms with Gasteiger partial charge in [-0.25, -0.2) is 4.98 Å². The van der Waals surface area contributed by atoms with Crippen molar-refractivity contribution in [1.29, 1.82) is 0 Å². The van der Waals surface area contributed by atoms with Gasteiger partial charge in [0.25, 0.3) is 5.91 Å². The van der Waals surface area contributed by atoms with Crippen molar-refractivity contribution in [3.8, 4) is 0 Å². The number of amides is 2. The highest BCUT2D eigenvalue weighted by atomic mass is 35.5. The summed E-state index contributed by atoms with van der Waals surface area (Å²) >= 11 is 5.93. The maximum Gasteiger partial charge on any atom is 0.254 e. The molecule has 27 heavy (non-hydrogen) atoms. The predicted molar refractivity (Wildman–Crippen MR) is 105 cm³/mol. The number of aromatic amines is 1. The summed E-state index contributed by atoms with van der Waals surface area (Å²) in [6, 6.07) is 12.4. The highest BCUT2D eigenvalue weighted by molar-refractivity contribution is 6.30. The summed E-state index contributed by atoms with van der Waals surface area (Å²) in [4.78, 5) is 36.5. The highest BCUT2D eigenvalue weighted by Crippen LogP contribution is 2.24. The van der Waals surface area contributed by atoms with Gasteiger partial charge in [0, 0.05) is 28.9 Å². The molecular weight excluding hydrogens is 364 g/mol. The first kappa shape index (κ1) is 17.5. The van der Waals surface area contributed by atoms with E-state index >= 15 is 0 Å². The Hall–Kier alpha value is -2.86. The lowest BCUT2D eigenvalue weighted by atomic mass is 10.1. The molecule has 4 rings (SSSR count). The smallest absolute Gasteiger partial charge is 0.254 e. The van der Waals surface area contributed by atoms with Gasteiger partial charge in [-0.15, -0.1) is 0 Å². The van der Waals surface area contributed by atoms with Crippen molar-refractivity contribution in [2.45, 2.75) is 19.9 Å². The lowest BCUT2D eigenvalue weighted by molar-refractivity contribution is -0.121. The maximum absolute atomic E-state index is 13.0. The molecule has 1 fully saturated rings. The van der Waals surface area contributed by atoms with Crippen molar-refractivity contribution in [2.75, 3.05) is 18.0 Å². The number of H-pyrrole nitrogens is 1. The average Bonchev–Trinajstić information content (AvgIpc) is 3.02. The van der Waals surface area contributed by atoms with E-state index in [0.29, 0.717) is 17.1 Å². The van der Waals surface area contributed by atoms with Crippen LogP contribution in [0.2, 0.25) is 5.02 Å². The van der Waals surface area contributed by atoms with Crippen molar-refractivity contribution in [3.63, 3.8) is 0 Å². The predicted octanol–water partition coefficient (Wildman–Crippen LogP) is 3.40. The van der Waals surface area contributed by atoms with Gasteiger partial charge in [-0.2, -0.15) is 0 Å². The molecule has 2 amide bonds. The minimum Gasteiger partial charge on any atom is -0.342 e. The van der Waals surface area contributed by atoms with Crippen LogP contribution >= 0.6 is 11.6 Å². The van der Waals surface area contributed by atoms with Crippen LogP contribution in [-0.4, -0.2) is 45.8 Å². The van der Waals surface area contributed by atoms with E-state index in [-0.39, 0.29) is 24.4 Å². The molecule has 3 aromatic rings. The molecule has 2 aromatic carbocycles. The molecule has 7 heteroatoms. The van der Waals surface area contributed by atoms with E-state index in [2.05, 4.69) is 9.97 Å². The van der Waals surface area contributed by atoms with Crippen LogP contribution in [0.25, 0.3) is 11.0 Å². The second kappa shape index (κ2) is 6.70. The fourth-order valence-electron chi connectivity index (χ4n) is 3.43. The Bertz CT molecular complexity index is 1030. The summed E-state index contributed by atoms with van der Waals surface area (Å²) in [6.07, 6.45) is 0. The number of aromatic nitrogens is 2. The Balaban J connectivity index is 1.56. The fraction of sp³-hybridized carbons (Fsp3) is 0.250. The van der Waals surface area contributed by atoms with Gasteiger partial charge in [0.1, 0.15) is 12.4 Å². The summed E-state index contributed by atoms with van der Waals surface area (Å²) in [6.45, 7) is 4.31. The van der Waals surface area contributed by atoms with Crippen molar-refractivity contribution in [1.82, 2.24) is 14.9 Å². The fourth-order valence-corrected chi connectivity index (χ4v) is 3.56. The molecule has 0 saturated carbocycles. The van der Waals surface area contributed by atoms with Gasteiger partial charge in [-0.3, -0.25) is 9.59 Å². The monoisotopic (exact) mass is 382 g/mol. The van der Waals surface area contributed by atoms with E-state index in [1.807, 2.05) is 32.0 Å². The summed E-state index contributed by atoms with van der Waals surface area (Å²) in [5, 5.41) is 0.623. The number of hydrogen-bond donors (Lipinski definition) is 1. The first-order valence-corrected chi connectivity index (χ1v) is 9.13. The van der Waals surface area contributed by atoms with Gasteiger partial charge in [0.05, 0.1) is 11.0 Å². The van der Waals surface area contributed by atoms with Gasteiger partial charge in [0.15, 0.2) is 0 Å². The average molecular weight is 383 g/mol. The summed E-state index contributed by atoms with van der Waals surface area (Å²) in [5.74, 6) is 0.540. The lowest BCUT2D eigenvalue weighted by Gasteiger charge is -2.39. The Morgan fingerprint density at radius 1 is 1.22 bits per heavy atom. The number of nitrogens with one attached hydrogen (secondary N) is 1. The topological polar surface area (TPSA) is 69.3 Å². The summed E-state index contributed by atoms with van der Waals surface area (Å²) in [5.41, 5.74) is 2.97. The quantitative estimate of drug-likeness (QED) is 0.738. The van der Waals surface area contributed by atoms with Gasteiger partial charge in [-0.1, -0.05) is 11.6 Å². The molecule has 138 valence electrons. The first-order chi connectivity index (χ1) is 12.9. The van der Waals surface area contributed by atoms with Crippen LogP contribution in [0.4, 0.5) is 5.69 Å². The van der Waals surface area contributed by atoms with Crippen LogP contribution in [0.1, 0.15) is 23.1 Å². The van der Waals surface area contributed by atoms with Crippen LogP contribution < -0.4 is 4.90 Å². The molecule has 1 aliphatic heterocycles. The zero-order chi connectivity index (χ0) is 19.1. The Morgan fingerprint density at radius 2 is 1.96 bits per heavy atom. The summed E-state index contributed by atoms with van der Waals surface area (Å²) < 4.78 is 0. The van der Waals surface area contributed by atoms with Crippen LogP contribution in [0, 0.1) is 6.92 Å². The molecule has 0 aliphatic carbocycles. The van der Waals surface area contributed by atoms with E-state index in [0.717, 1.165) is 22.5 Å². The third kappa shape index (κ3) is 3.28. The number of piperazine rings is 1. The number of fused-ring (bicyclic) bond motifs is 1. The molecule has 1 aromatic heterocycles. The van der Waals surface area contributed by atoms with Gasteiger partial charge < -0.3 is 14.8 Å². The number of benzene rings is 2. The number of hydrogen-bond acceptors (Lipinski definition) is 3. The van der Waals surface area contributed by atoms with Crippen LogP contribution in [0.15, 0.2) is 42.5 Å². The molecule has 0 radical (unpaired) electrons. The van der Waals surface area contributed by atoms with E-state index in [4.69, 9.17) is 11.6 Å². The molecule has 1 aliphatic rings. The summed E-state index contributed by atoms with van der Waals surface area (Å²) in [7, 11) is 0. The van der Waals surface area contributed by atoms with Crippen molar-refractivity contribution in [2.24, 2.45) is 0 Å². The maximum atomic E-state index is 13.0. The van der Waals surface area contributed by atoms with Crippen molar-refractivity contribution >= 4 is 40.1 Å². The van der Waals surface area contributed by atoms with Crippen molar-refractivity contribution < 1.29 is 9.59 Å². The van der Waals surface area contributed by atoms with Crippen LogP contribution in [0.5, 0.6) is 0 Å². The molecule has 0 spiro atoms. The minimum atomic E-state index is -0.152. The molecule has 1 atom stereocenters. The largest absolute Gasteiger partial charge is 0.342 e. The SMILES string of the molecule is Cc1nc2ccc(C(=O)N3CC(=O)N(c4ccc(Cl)cc4)C[C@@H]3C)cc2[nH]1. The number of nitrogens with zero attached hydrogens (tertiary/aromatic N) is 3. The standard InChI is InChI=1S/C20H19ClN4O2/c1-12-10-25(16-6-4-15(21)5-7-16)19(26)11-24(12)20(27)14-3-8-17-18(9-14)23-13(2)22-17/h3-9,12H,10-11H2,1-2H3,(H,22,23)/t12-/m0/s1. The van der Waals surface area contributed by atoms with Crippen LogP contribution in [0.3, 0.4) is 0 Å². The third-order valence-corrected chi connectivity index (χ3v) is 5.08. The van der Waals surface area contributed by atoms with Gasteiger partial charge in [0.2, 0.25) is 5.91 Å². The molecule has 0 unspecified atom stereocenters. The first-order valence-electron chi connectivity index (χ1n) is 8.75. The zero-order valence-electron chi connectivity index (χ0n) is 15.1. The number of aryl methyl sites for hydroxylation is 1. The molecular formula is C20H19ClN4O2. The second-order valence-corrected chi connectivity index (χ2v) is 7.25. The molecule has 1 saturated heterocycles. The molecule has 6 nitrogen and oxygen atoms in total. The van der Waals surface area contributed by atoms with E-state index in [1.54, 1.807) is 34.1 Å². The number of imidazole rings is 1. The third-order valence-electron chi connectivity index (χ3n) is 4.83. The number of anilines is 1. The minimum absolute atomic E-state index is 0.0443.